The zero-order chi connectivity index (χ0) is 14.5. The average Bonchev–Trinajstić information content (AvgIpc) is 2.74. The lowest BCUT2D eigenvalue weighted by Gasteiger charge is -2.19. The minimum absolute atomic E-state index is 0.264. The number of para-hydroxylation sites is 1. The zero-order valence-corrected chi connectivity index (χ0v) is 12.3. The van der Waals surface area contributed by atoms with Gasteiger partial charge in [-0.1, -0.05) is 18.2 Å². The van der Waals surface area contributed by atoms with Gasteiger partial charge in [0.1, 0.15) is 0 Å². The summed E-state index contributed by atoms with van der Waals surface area (Å²) in [7, 11) is 0. The minimum atomic E-state index is 0.264. The van der Waals surface area contributed by atoms with Gasteiger partial charge in [-0.3, -0.25) is 4.79 Å². The predicted octanol–water partition coefficient (Wildman–Crippen LogP) is 2.74. The average molecular weight is 286 g/mol. The summed E-state index contributed by atoms with van der Waals surface area (Å²) in [4.78, 5) is 17.4. The van der Waals surface area contributed by atoms with Crippen LogP contribution in [0.3, 0.4) is 0 Å². The lowest BCUT2D eigenvalue weighted by Crippen LogP contribution is -2.33. The number of nitrogens with zero attached hydrogens (tertiary/aromatic N) is 1. The van der Waals surface area contributed by atoms with Gasteiger partial charge in [0, 0.05) is 43.2 Å². The first-order chi connectivity index (χ1) is 10.3. The zero-order valence-electron chi connectivity index (χ0n) is 12.3. The van der Waals surface area contributed by atoms with Gasteiger partial charge in [-0.05, 0) is 30.9 Å². The van der Waals surface area contributed by atoms with Gasteiger partial charge in [0.2, 0.25) is 5.91 Å². The van der Waals surface area contributed by atoms with Crippen LogP contribution in [0.25, 0.3) is 10.9 Å². The molecule has 21 heavy (non-hydrogen) atoms. The maximum atomic E-state index is 12.2. The molecule has 1 N–H and O–H groups in total. The van der Waals surface area contributed by atoms with Gasteiger partial charge in [-0.2, -0.15) is 0 Å². The molecule has 0 radical (unpaired) electrons. The lowest BCUT2D eigenvalue weighted by molar-refractivity contribution is -0.131. The number of hydrogen-bond acceptors (Lipinski definition) is 2. The van der Waals surface area contributed by atoms with E-state index in [4.69, 9.17) is 4.74 Å². The van der Waals surface area contributed by atoms with Crippen molar-refractivity contribution in [3.05, 3.63) is 36.0 Å². The Bertz CT molecular complexity index is 598. The number of carbonyl (C=O) groups is 1. The van der Waals surface area contributed by atoms with Crippen molar-refractivity contribution in [1.82, 2.24) is 9.88 Å². The number of aromatic amines is 1. The third kappa shape index (κ3) is 3.45. The monoisotopic (exact) mass is 286 g/mol. The second-order valence-electron chi connectivity index (χ2n) is 5.56. The Kier molecular flexibility index (Phi) is 4.55. The highest BCUT2D eigenvalue weighted by Gasteiger charge is 2.15. The molecule has 0 spiro atoms. The highest BCUT2D eigenvalue weighted by atomic mass is 16.5. The van der Waals surface area contributed by atoms with Crippen molar-refractivity contribution in [3.8, 4) is 0 Å². The standard InChI is InChI=1S/C17H22N2O2/c20-17(19-9-4-11-21-12-10-19)8-3-5-14-13-18-16-7-2-1-6-15(14)16/h1-2,6-7,13,18H,3-5,8-12H2. The molecule has 0 bridgehead atoms. The molecule has 1 aliphatic heterocycles. The first kappa shape index (κ1) is 14.1. The van der Waals surface area contributed by atoms with Crippen LogP contribution in [0.1, 0.15) is 24.8 Å². The Morgan fingerprint density at radius 1 is 1.24 bits per heavy atom. The fourth-order valence-electron chi connectivity index (χ4n) is 2.92. The SMILES string of the molecule is O=C(CCCc1c[nH]c2ccccc12)N1CCCOCC1. The molecule has 1 aliphatic rings. The Morgan fingerprint density at radius 2 is 2.14 bits per heavy atom. The van der Waals surface area contributed by atoms with Crippen molar-refractivity contribution in [2.75, 3.05) is 26.3 Å². The molecule has 1 aromatic carbocycles. The van der Waals surface area contributed by atoms with Gasteiger partial charge in [0.15, 0.2) is 0 Å². The largest absolute Gasteiger partial charge is 0.380 e. The maximum absolute atomic E-state index is 12.2. The summed E-state index contributed by atoms with van der Waals surface area (Å²) in [6.07, 6.45) is 5.49. The fraction of sp³-hybridized carbons (Fsp3) is 0.471. The third-order valence-electron chi connectivity index (χ3n) is 4.09. The van der Waals surface area contributed by atoms with Crippen LogP contribution >= 0.6 is 0 Å². The second-order valence-corrected chi connectivity index (χ2v) is 5.56. The Hall–Kier alpha value is -1.81. The lowest BCUT2D eigenvalue weighted by atomic mass is 10.1. The molecule has 1 amide bonds. The van der Waals surface area contributed by atoms with E-state index in [-0.39, 0.29) is 5.91 Å². The molecule has 0 atom stereocenters. The Balaban J connectivity index is 1.52. The number of ether oxygens (including phenoxy) is 1. The summed E-state index contributed by atoms with van der Waals surface area (Å²) in [5.41, 5.74) is 2.47. The summed E-state index contributed by atoms with van der Waals surface area (Å²) in [5, 5.41) is 1.27. The molecule has 4 nitrogen and oxygen atoms in total. The van der Waals surface area contributed by atoms with Gasteiger partial charge in [-0.15, -0.1) is 0 Å². The third-order valence-corrected chi connectivity index (χ3v) is 4.09. The molecular formula is C17H22N2O2. The minimum Gasteiger partial charge on any atom is -0.380 e. The summed E-state index contributed by atoms with van der Waals surface area (Å²) in [6, 6.07) is 8.31. The fourth-order valence-corrected chi connectivity index (χ4v) is 2.92. The summed E-state index contributed by atoms with van der Waals surface area (Å²) < 4.78 is 5.39. The van der Waals surface area contributed by atoms with Gasteiger partial charge < -0.3 is 14.6 Å². The van der Waals surface area contributed by atoms with Crippen molar-refractivity contribution in [3.63, 3.8) is 0 Å². The van der Waals surface area contributed by atoms with Gasteiger partial charge in [0.05, 0.1) is 6.61 Å². The molecule has 1 aromatic heterocycles. The molecule has 2 aromatic rings. The van der Waals surface area contributed by atoms with Gasteiger partial charge in [-0.25, -0.2) is 0 Å². The number of nitrogens with one attached hydrogen (secondary N) is 1. The molecular weight excluding hydrogens is 264 g/mol. The quantitative estimate of drug-likeness (QED) is 0.939. The number of H-pyrrole nitrogens is 1. The number of carbonyl (C=O) groups excluding carboxylic acids is 1. The van der Waals surface area contributed by atoms with Crippen molar-refractivity contribution in [2.24, 2.45) is 0 Å². The molecule has 112 valence electrons. The Morgan fingerprint density at radius 3 is 3.10 bits per heavy atom. The van der Waals surface area contributed by atoms with Crippen molar-refractivity contribution in [1.29, 1.82) is 0 Å². The molecule has 0 saturated carbocycles. The van der Waals surface area contributed by atoms with Crippen LogP contribution in [0.4, 0.5) is 0 Å². The highest BCUT2D eigenvalue weighted by molar-refractivity contribution is 5.83. The van der Waals surface area contributed by atoms with Gasteiger partial charge >= 0.3 is 0 Å². The van der Waals surface area contributed by atoms with Crippen LogP contribution in [-0.2, 0) is 16.0 Å². The topological polar surface area (TPSA) is 45.3 Å². The number of aromatic nitrogens is 1. The van der Waals surface area contributed by atoms with Crippen LogP contribution in [0.15, 0.2) is 30.5 Å². The van der Waals surface area contributed by atoms with E-state index < -0.39 is 0 Å². The van der Waals surface area contributed by atoms with E-state index in [1.54, 1.807) is 0 Å². The van der Waals surface area contributed by atoms with Crippen molar-refractivity contribution >= 4 is 16.8 Å². The van der Waals surface area contributed by atoms with E-state index in [1.807, 2.05) is 11.0 Å². The van der Waals surface area contributed by atoms with E-state index in [9.17, 15) is 4.79 Å². The summed E-state index contributed by atoms with van der Waals surface area (Å²) in [5.74, 6) is 0.264. The molecule has 3 rings (SSSR count). The van der Waals surface area contributed by atoms with Crippen LogP contribution in [-0.4, -0.2) is 42.1 Å². The molecule has 1 saturated heterocycles. The first-order valence-corrected chi connectivity index (χ1v) is 7.75. The molecule has 4 heteroatoms. The summed E-state index contributed by atoms with van der Waals surface area (Å²) in [6.45, 7) is 3.03. The van der Waals surface area contributed by atoms with E-state index in [0.29, 0.717) is 13.0 Å². The van der Waals surface area contributed by atoms with Crippen molar-refractivity contribution < 1.29 is 9.53 Å². The molecule has 2 heterocycles. The maximum Gasteiger partial charge on any atom is 0.222 e. The number of benzene rings is 1. The van der Waals surface area contributed by atoms with Crippen LogP contribution in [0.5, 0.6) is 0 Å². The van der Waals surface area contributed by atoms with Crippen LogP contribution in [0, 0.1) is 0 Å². The van der Waals surface area contributed by atoms with Crippen LogP contribution < -0.4 is 0 Å². The number of hydrogen-bond donors (Lipinski definition) is 1. The normalized spacial score (nSPS) is 16.1. The molecule has 0 aliphatic carbocycles. The van der Waals surface area contributed by atoms with E-state index in [2.05, 4.69) is 29.4 Å². The predicted molar refractivity (Wildman–Crippen MR) is 83.3 cm³/mol. The van der Waals surface area contributed by atoms with Crippen molar-refractivity contribution in [2.45, 2.75) is 25.7 Å². The van der Waals surface area contributed by atoms with Gasteiger partial charge in [0.25, 0.3) is 0 Å². The second kappa shape index (κ2) is 6.76. The van der Waals surface area contributed by atoms with E-state index >= 15 is 0 Å². The highest BCUT2D eigenvalue weighted by Crippen LogP contribution is 2.19. The molecule has 1 fully saturated rings. The molecule has 0 unspecified atom stereocenters. The number of aryl methyl sites for hydroxylation is 1. The number of amides is 1. The Labute approximate surface area is 125 Å². The summed E-state index contributed by atoms with van der Waals surface area (Å²) >= 11 is 0. The van der Waals surface area contributed by atoms with E-state index in [1.165, 1.54) is 16.5 Å². The van der Waals surface area contributed by atoms with Crippen LogP contribution in [0.2, 0.25) is 0 Å². The smallest absolute Gasteiger partial charge is 0.222 e. The number of fused-ring (bicyclic) bond motifs is 1. The first-order valence-electron chi connectivity index (χ1n) is 7.75. The number of rotatable bonds is 4. The van der Waals surface area contributed by atoms with E-state index in [0.717, 1.165) is 39.0 Å².